The van der Waals surface area contributed by atoms with Gasteiger partial charge in [0.25, 0.3) is 0 Å². The molecule has 5 rings (SSSR count). The van der Waals surface area contributed by atoms with Gasteiger partial charge in [0.15, 0.2) is 0 Å². The first-order chi connectivity index (χ1) is 16.0. The summed E-state index contributed by atoms with van der Waals surface area (Å²) in [6.45, 7) is 3.71. The lowest BCUT2D eigenvalue weighted by atomic mass is 9.99. The van der Waals surface area contributed by atoms with Gasteiger partial charge in [0.2, 0.25) is 5.95 Å². The number of urea groups is 1. The van der Waals surface area contributed by atoms with E-state index in [2.05, 4.69) is 25.5 Å². The highest BCUT2D eigenvalue weighted by Crippen LogP contribution is 2.48. The highest BCUT2D eigenvalue weighted by Gasteiger charge is 2.45. The van der Waals surface area contributed by atoms with E-state index in [1.54, 1.807) is 29.1 Å². The maximum Gasteiger partial charge on any atom is 0.330 e. The monoisotopic (exact) mass is 529 g/mol. The van der Waals surface area contributed by atoms with Gasteiger partial charge in [-0.15, -0.1) is 12.4 Å². The van der Waals surface area contributed by atoms with Crippen LogP contribution in [0, 0.1) is 0 Å². The molecule has 0 spiro atoms. The summed E-state index contributed by atoms with van der Waals surface area (Å²) in [5.74, 6) is 1.80. The summed E-state index contributed by atoms with van der Waals surface area (Å²) in [4.78, 5) is 28.6. The van der Waals surface area contributed by atoms with Crippen LogP contribution in [0.3, 0.4) is 0 Å². The Morgan fingerprint density at radius 3 is 2.29 bits per heavy atom. The van der Waals surface area contributed by atoms with Gasteiger partial charge in [0, 0.05) is 57.1 Å². The lowest BCUT2D eigenvalue weighted by Gasteiger charge is -2.52. The van der Waals surface area contributed by atoms with Crippen LogP contribution >= 0.6 is 35.6 Å². The Hall–Kier alpha value is -2.24. The molecule has 0 atom stereocenters. The van der Waals surface area contributed by atoms with E-state index < -0.39 is 0 Å². The molecule has 2 amide bonds. The second-order valence-corrected chi connectivity index (χ2v) is 8.96. The number of carbonyl (C=O) groups excluding carboxylic acids is 1. The van der Waals surface area contributed by atoms with Crippen LogP contribution in [0.4, 0.5) is 22.2 Å². The Bertz CT molecular complexity index is 1070. The van der Waals surface area contributed by atoms with E-state index in [-0.39, 0.29) is 41.1 Å². The fraction of sp³-hybridized carbons (Fsp3) is 0.476. The highest BCUT2D eigenvalue weighted by molar-refractivity contribution is 6.42. The summed E-state index contributed by atoms with van der Waals surface area (Å²) in [5.41, 5.74) is 1.14. The largest absolute Gasteiger partial charge is 0.495 e. The molecule has 0 unspecified atom stereocenters. The molecule has 13 heteroatoms. The van der Waals surface area contributed by atoms with Crippen molar-refractivity contribution in [3.63, 3.8) is 0 Å². The number of carbonyl (C=O) groups is 1. The van der Waals surface area contributed by atoms with E-state index in [1.807, 2.05) is 0 Å². The number of amides is 2. The van der Waals surface area contributed by atoms with Gasteiger partial charge in [0.05, 0.1) is 32.5 Å². The normalized spacial score (nSPS) is 18.6. The molecule has 0 bridgehead atoms. The average Bonchev–Trinajstić information content (AvgIpc) is 2.75. The van der Waals surface area contributed by atoms with Crippen molar-refractivity contribution in [3.8, 4) is 11.5 Å². The van der Waals surface area contributed by atoms with Gasteiger partial charge in [-0.1, -0.05) is 23.2 Å². The van der Waals surface area contributed by atoms with Gasteiger partial charge in [-0.05, 0) is 0 Å². The number of rotatable bonds is 6. The third kappa shape index (κ3) is 3.97. The van der Waals surface area contributed by atoms with Gasteiger partial charge >= 0.3 is 6.03 Å². The number of hydrogen-bond acceptors (Lipinski definition) is 8. The number of fused-ring (bicyclic) bond motifs is 1. The summed E-state index contributed by atoms with van der Waals surface area (Å²) in [7, 11) is 4.76. The van der Waals surface area contributed by atoms with Crippen LogP contribution in [0.2, 0.25) is 10.0 Å². The zero-order valence-corrected chi connectivity index (χ0v) is 21.3. The summed E-state index contributed by atoms with van der Waals surface area (Å²) in [5, 5.41) is 6.73. The standard InChI is InChI=1S/C21H25Cl2N7O3.ClH/c1-24-20-26-5-11-8-29(18-16(22)14(32-2)4-15(33-3)17(18)23)21(31)30(19(11)27-20)13-9-28(10-13)12-6-25-7-12;/h4-5,12-13,25H,6-10H2,1-3H3,(H,24,26,27);1H. The van der Waals surface area contributed by atoms with Crippen molar-refractivity contribution < 1.29 is 14.3 Å². The van der Waals surface area contributed by atoms with Crippen LogP contribution < -0.4 is 29.9 Å². The van der Waals surface area contributed by atoms with Crippen molar-refractivity contribution in [3.05, 3.63) is 27.9 Å². The zero-order valence-electron chi connectivity index (χ0n) is 19.0. The Balaban J connectivity index is 0.00000274. The number of ether oxygens (including phenoxy) is 2. The molecule has 34 heavy (non-hydrogen) atoms. The van der Waals surface area contributed by atoms with E-state index in [4.69, 9.17) is 32.7 Å². The minimum atomic E-state index is -0.251. The topological polar surface area (TPSA) is 95.1 Å². The van der Waals surface area contributed by atoms with Crippen molar-refractivity contribution in [2.75, 3.05) is 62.6 Å². The summed E-state index contributed by atoms with van der Waals surface area (Å²) >= 11 is 13.3. The van der Waals surface area contributed by atoms with Crippen molar-refractivity contribution in [2.45, 2.75) is 18.6 Å². The number of aromatic nitrogens is 2. The fourth-order valence-electron chi connectivity index (χ4n) is 4.39. The van der Waals surface area contributed by atoms with Crippen molar-refractivity contribution in [1.29, 1.82) is 0 Å². The first kappa shape index (κ1) is 24.9. The first-order valence-electron chi connectivity index (χ1n) is 10.7. The second-order valence-electron chi connectivity index (χ2n) is 8.21. The molecule has 0 saturated carbocycles. The summed E-state index contributed by atoms with van der Waals surface area (Å²) in [6, 6.07) is 1.84. The van der Waals surface area contributed by atoms with E-state index in [1.165, 1.54) is 14.2 Å². The van der Waals surface area contributed by atoms with Gasteiger partial charge < -0.3 is 20.1 Å². The Kier molecular flexibility index (Phi) is 7.16. The molecule has 1 aromatic heterocycles. The van der Waals surface area contributed by atoms with Gasteiger partial charge in [-0.2, -0.15) is 4.98 Å². The molecule has 0 aliphatic carbocycles. The lowest BCUT2D eigenvalue weighted by Crippen LogP contribution is -2.71. The zero-order chi connectivity index (χ0) is 23.3. The van der Waals surface area contributed by atoms with Crippen LogP contribution in [-0.4, -0.2) is 80.4 Å². The van der Waals surface area contributed by atoms with Crippen LogP contribution in [0.15, 0.2) is 12.3 Å². The van der Waals surface area contributed by atoms with Crippen LogP contribution in [-0.2, 0) is 6.54 Å². The Labute approximate surface area is 213 Å². The van der Waals surface area contributed by atoms with Gasteiger partial charge in [-0.3, -0.25) is 14.7 Å². The third-order valence-corrected chi connectivity index (χ3v) is 7.14. The second kappa shape index (κ2) is 9.79. The molecule has 1 aromatic carbocycles. The molecule has 10 nitrogen and oxygen atoms in total. The molecule has 0 radical (unpaired) electrons. The number of benzene rings is 1. The smallest absolute Gasteiger partial charge is 0.330 e. The van der Waals surface area contributed by atoms with E-state index >= 15 is 0 Å². The molecule has 2 saturated heterocycles. The lowest BCUT2D eigenvalue weighted by molar-refractivity contribution is 0.0620. The predicted octanol–water partition coefficient (Wildman–Crippen LogP) is 2.87. The summed E-state index contributed by atoms with van der Waals surface area (Å²) < 4.78 is 10.8. The number of hydrogen-bond donors (Lipinski definition) is 2. The van der Waals surface area contributed by atoms with Crippen LogP contribution in [0.25, 0.3) is 0 Å². The minimum Gasteiger partial charge on any atom is -0.495 e. The van der Waals surface area contributed by atoms with E-state index in [9.17, 15) is 4.79 Å². The van der Waals surface area contributed by atoms with Crippen LogP contribution in [0.5, 0.6) is 11.5 Å². The van der Waals surface area contributed by atoms with Crippen LogP contribution in [0.1, 0.15) is 5.56 Å². The van der Waals surface area contributed by atoms with Gasteiger partial charge in [-0.25, -0.2) is 9.78 Å². The number of halogens is 3. The first-order valence-corrected chi connectivity index (χ1v) is 11.4. The fourth-order valence-corrected chi connectivity index (χ4v) is 5.10. The van der Waals surface area contributed by atoms with E-state index in [0.29, 0.717) is 35.0 Å². The SMILES string of the molecule is CNc1ncc2c(n1)N(C1CN(C3CNC3)C1)C(=O)N(c1c(Cl)c(OC)cc(OC)c1Cl)C2.Cl. The van der Waals surface area contributed by atoms with Crippen molar-refractivity contribution >= 4 is 59.1 Å². The molecule has 4 heterocycles. The molecule has 2 aromatic rings. The van der Waals surface area contributed by atoms with Crippen molar-refractivity contribution in [1.82, 2.24) is 20.2 Å². The third-order valence-electron chi connectivity index (χ3n) is 6.41. The van der Waals surface area contributed by atoms with Crippen molar-refractivity contribution in [2.24, 2.45) is 0 Å². The quantitative estimate of drug-likeness (QED) is 0.589. The maximum absolute atomic E-state index is 13.9. The Morgan fingerprint density at radius 1 is 1.12 bits per heavy atom. The number of methoxy groups -OCH3 is 2. The minimum absolute atomic E-state index is 0. The maximum atomic E-state index is 13.9. The number of likely N-dealkylation sites (tertiary alicyclic amines) is 1. The molecule has 3 aliphatic rings. The molecule has 184 valence electrons. The van der Waals surface area contributed by atoms with Gasteiger partial charge in [0.1, 0.15) is 27.4 Å². The summed E-state index contributed by atoms with van der Waals surface area (Å²) in [6.07, 6.45) is 1.73. The highest BCUT2D eigenvalue weighted by atomic mass is 35.5. The molecule has 2 fully saturated rings. The molecular formula is C21H26Cl3N7O3. The number of nitrogens with zero attached hydrogens (tertiary/aromatic N) is 5. The Morgan fingerprint density at radius 2 is 1.76 bits per heavy atom. The predicted molar refractivity (Wildman–Crippen MR) is 134 cm³/mol. The molecular weight excluding hydrogens is 505 g/mol. The molecule has 3 aliphatic heterocycles. The molecule has 2 N–H and O–H groups in total. The number of nitrogens with one attached hydrogen (secondary N) is 2. The average molecular weight is 531 g/mol. The van der Waals surface area contributed by atoms with E-state index in [0.717, 1.165) is 31.7 Å². The number of anilines is 3.